The number of nitrogens with zero attached hydrogens (tertiary/aromatic N) is 2. The molecule has 2 heterocycles. The Morgan fingerprint density at radius 3 is 3.20 bits per heavy atom. The second-order valence-electron chi connectivity index (χ2n) is 3.48. The molecule has 0 saturated heterocycles. The summed E-state index contributed by atoms with van der Waals surface area (Å²) < 4.78 is 1.11. The van der Waals surface area contributed by atoms with Gasteiger partial charge in [0, 0.05) is 6.04 Å². The summed E-state index contributed by atoms with van der Waals surface area (Å²) in [5.74, 6) is 0.913. The minimum absolute atomic E-state index is 0.343. The molecule has 0 aliphatic carbocycles. The van der Waals surface area contributed by atoms with Gasteiger partial charge in [-0.3, -0.25) is 0 Å². The van der Waals surface area contributed by atoms with Crippen molar-refractivity contribution in [3.63, 3.8) is 0 Å². The van der Waals surface area contributed by atoms with Gasteiger partial charge in [-0.25, -0.2) is 9.97 Å². The van der Waals surface area contributed by atoms with Crippen LogP contribution < -0.4 is 11.1 Å². The predicted octanol–water partition coefficient (Wildman–Crippen LogP) is 1.84. The standard InChI is InChI=1S/C10H14N4S/c1-7(2-4-11)14-10-9-8(3-5-15-9)12-6-13-10/h3,5-7H,2,4,11H2,1H3,(H,12,13,14). The van der Waals surface area contributed by atoms with Gasteiger partial charge in [0.15, 0.2) is 0 Å². The monoisotopic (exact) mass is 222 g/mol. The van der Waals surface area contributed by atoms with Crippen LogP contribution in [0.5, 0.6) is 0 Å². The van der Waals surface area contributed by atoms with Crippen LogP contribution in [-0.4, -0.2) is 22.6 Å². The Hall–Kier alpha value is -1.20. The van der Waals surface area contributed by atoms with Crippen LogP contribution >= 0.6 is 11.3 Å². The molecule has 0 aromatic carbocycles. The molecule has 80 valence electrons. The lowest BCUT2D eigenvalue weighted by molar-refractivity contribution is 0.714. The molecule has 4 nitrogen and oxygen atoms in total. The maximum Gasteiger partial charge on any atom is 0.147 e. The summed E-state index contributed by atoms with van der Waals surface area (Å²) in [4.78, 5) is 8.44. The van der Waals surface area contributed by atoms with E-state index in [1.54, 1.807) is 17.7 Å². The number of hydrogen-bond acceptors (Lipinski definition) is 5. The third-order valence-corrected chi connectivity index (χ3v) is 3.14. The number of nitrogens with two attached hydrogens (primary N) is 1. The van der Waals surface area contributed by atoms with Gasteiger partial charge in [0.2, 0.25) is 0 Å². The van der Waals surface area contributed by atoms with Crippen LogP contribution in [0, 0.1) is 0 Å². The maximum atomic E-state index is 5.51. The van der Waals surface area contributed by atoms with Gasteiger partial charge in [-0.05, 0) is 31.3 Å². The molecular weight excluding hydrogens is 208 g/mol. The van der Waals surface area contributed by atoms with Crippen LogP contribution in [0.25, 0.3) is 10.2 Å². The molecule has 0 fully saturated rings. The number of fused-ring (bicyclic) bond motifs is 1. The first-order valence-corrected chi connectivity index (χ1v) is 5.84. The highest BCUT2D eigenvalue weighted by atomic mass is 32.1. The zero-order valence-corrected chi connectivity index (χ0v) is 9.42. The zero-order valence-electron chi connectivity index (χ0n) is 8.60. The largest absolute Gasteiger partial charge is 0.366 e. The average molecular weight is 222 g/mol. The summed E-state index contributed by atoms with van der Waals surface area (Å²) in [6.07, 6.45) is 2.53. The van der Waals surface area contributed by atoms with E-state index < -0.39 is 0 Å². The number of aromatic nitrogens is 2. The molecule has 2 aromatic rings. The molecule has 0 radical (unpaired) electrons. The van der Waals surface area contributed by atoms with Crippen LogP contribution in [0.3, 0.4) is 0 Å². The fourth-order valence-electron chi connectivity index (χ4n) is 1.45. The summed E-state index contributed by atoms with van der Waals surface area (Å²) >= 11 is 1.66. The molecule has 3 N–H and O–H groups in total. The highest BCUT2D eigenvalue weighted by Crippen LogP contribution is 2.25. The quantitative estimate of drug-likeness (QED) is 0.828. The number of nitrogens with one attached hydrogen (secondary N) is 1. The minimum atomic E-state index is 0.343. The van der Waals surface area contributed by atoms with E-state index in [9.17, 15) is 0 Å². The molecule has 0 aliphatic heterocycles. The first kappa shape index (κ1) is 10.3. The zero-order chi connectivity index (χ0) is 10.7. The number of anilines is 1. The number of thiophene rings is 1. The summed E-state index contributed by atoms with van der Waals surface area (Å²) in [7, 11) is 0. The maximum absolute atomic E-state index is 5.51. The smallest absolute Gasteiger partial charge is 0.147 e. The first-order valence-electron chi connectivity index (χ1n) is 4.96. The normalized spacial score (nSPS) is 12.9. The van der Waals surface area contributed by atoms with E-state index in [-0.39, 0.29) is 0 Å². The van der Waals surface area contributed by atoms with E-state index in [1.165, 1.54) is 0 Å². The molecule has 2 aromatic heterocycles. The van der Waals surface area contributed by atoms with Crippen molar-refractivity contribution < 1.29 is 0 Å². The lowest BCUT2D eigenvalue weighted by atomic mass is 10.2. The van der Waals surface area contributed by atoms with Crippen molar-refractivity contribution >= 4 is 27.4 Å². The molecule has 15 heavy (non-hydrogen) atoms. The average Bonchev–Trinajstić information content (AvgIpc) is 2.67. The summed E-state index contributed by atoms with van der Waals surface area (Å²) in [6, 6.07) is 2.34. The van der Waals surface area contributed by atoms with E-state index in [2.05, 4.69) is 22.2 Å². The molecule has 0 spiro atoms. The van der Waals surface area contributed by atoms with E-state index in [1.807, 2.05) is 11.4 Å². The second kappa shape index (κ2) is 4.55. The molecular formula is C10H14N4S. The van der Waals surface area contributed by atoms with E-state index in [0.29, 0.717) is 12.6 Å². The summed E-state index contributed by atoms with van der Waals surface area (Å²) in [5.41, 5.74) is 6.50. The molecule has 5 heteroatoms. The highest BCUT2D eigenvalue weighted by Gasteiger charge is 2.07. The van der Waals surface area contributed by atoms with Crippen molar-refractivity contribution in [3.8, 4) is 0 Å². The SMILES string of the molecule is CC(CCN)Nc1ncnc2ccsc12. The van der Waals surface area contributed by atoms with Crippen LogP contribution in [-0.2, 0) is 0 Å². The van der Waals surface area contributed by atoms with Gasteiger partial charge in [-0.2, -0.15) is 0 Å². The van der Waals surface area contributed by atoms with Gasteiger partial charge in [-0.1, -0.05) is 0 Å². The lowest BCUT2D eigenvalue weighted by Crippen LogP contribution is -2.20. The Bertz CT molecular complexity index is 440. The Labute approximate surface area is 92.5 Å². The Kier molecular flexibility index (Phi) is 3.13. The van der Waals surface area contributed by atoms with E-state index >= 15 is 0 Å². The first-order chi connectivity index (χ1) is 7.31. The van der Waals surface area contributed by atoms with Crippen molar-refractivity contribution in [2.75, 3.05) is 11.9 Å². The topological polar surface area (TPSA) is 63.8 Å². The van der Waals surface area contributed by atoms with Crippen LogP contribution in [0.1, 0.15) is 13.3 Å². The van der Waals surface area contributed by atoms with Gasteiger partial charge >= 0.3 is 0 Å². The van der Waals surface area contributed by atoms with Crippen molar-refractivity contribution in [2.45, 2.75) is 19.4 Å². The van der Waals surface area contributed by atoms with E-state index in [4.69, 9.17) is 5.73 Å². The van der Waals surface area contributed by atoms with Crippen molar-refractivity contribution in [1.82, 2.24) is 9.97 Å². The van der Waals surface area contributed by atoms with E-state index in [0.717, 1.165) is 22.5 Å². The van der Waals surface area contributed by atoms with Crippen LogP contribution in [0.2, 0.25) is 0 Å². The Morgan fingerprint density at radius 2 is 2.40 bits per heavy atom. The minimum Gasteiger partial charge on any atom is -0.366 e. The van der Waals surface area contributed by atoms with Crippen molar-refractivity contribution in [1.29, 1.82) is 0 Å². The molecule has 0 aliphatic rings. The van der Waals surface area contributed by atoms with Crippen molar-refractivity contribution in [2.24, 2.45) is 5.73 Å². The molecule has 1 atom stereocenters. The molecule has 0 bridgehead atoms. The van der Waals surface area contributed by atoms with Gasteiger partial charge in [0.05, 0.1) is 10.2 Å². The fraction of sp³-hybridized carbons (Fsp3) is 0.400. The van der Waals surface area contributed by atoms with Crippen LogP contribution in [0.15, 0.2) is 17.8 Å². The molecule has 2 rings (SSSR count). The third-order valence-electron chi connectivity index (χ3n) is 2.23. The van der Waals surface area contributed by atoms with Crippen molar-refractivity contribution in [3.05, 3.63) is 17.8 Å². The molecule has 1 unspecified atom stereocenters. The van der Waals surface area contributed by atoms with Gasteiger partial charge < -0.3 is 11.1 Å². The second-order valence-corrected chi connectivity index (χ2v) is 4.40. The van der Waals surface area contributed by atoms with Crippen LogP contribution in [0.4, 0.5) is 5.82 Å². The predicted molar refractivity (Wildman–Crippen MR) is 64.2 cm³/mol. The summed E-state index contributed by atoms with van der Waals surface area (Å²) in [5, 5.41) is 5.38. The molecule has 0 amide bonds. The third kappa shape index (κ3) is 2.24. The fourth-order valence-corrected chi connectivity index (χ4v) is 2.24. The highest BCUT2D eigenvalue weighted by molar-refractivity contribution is 7.17. The van der Waals surface area contributed by atoms with Gasteiger partial charge in [0.25, 0.3) is 0 Å². The summed E-state index contributed by atoms with van der Waals surface area (Å²) in [6.45, 7) is 2.79. The Morgan fingerprint density at radius 1 is 1.53 bits per heavy atom. The van der Waals surface area contributed by atoms with Gasteiger partial charge in [-0.15, -0.1) is 11.3 Å². The van der Waals surface area contributed by atoms with Gasteiger partial charge in [0.1, 0.15) is 12.1 Å². The number of hydrogen-bond donors (Lipinski definition) is 2. The lowest BCUT2D eigenvalue weighted by Gasteiger charge is -2.13. The number of rotatable bonds is 4. The Balaban J connectivity index is 2.23. The molecule has 0 saturated carbocycles.